The Bertz CT molecular complexity index is 806. The second kappa shape index (κ2) is 8.00. The van der Waals surface area contributed by atoms with Gasteiger partial charge in [-0.15, -0.1) is 13.2 Å². The SMILES string of the molecule is C[C@@H]1CN(C(=O)[C@@H]2C[C@H]2c2ccccc2OC(F)(F)F)CCN1C(=O)OC(C)(C)C. The fraction of sp³-hybridized carbons (Fsp3) is 0.619. The highest BCUT2D eigenvalue weighted by molar-refractivity contribution is 5.83. The van der Waals surface area contributed by atoms with Gasteiger partial charge in [-0.1, -0.05) is 18.2 Å². The Labute approximate surface area is 173 Å². The lowest BCUT2D eigenvalue weighted by molar-refractivity contribution is -0.274. The zero-order valence-electron chi connectivity index (χ0n) is 17.5. The third-order valence-corrected chi connectivity index (χ3v) is 5.22. The predicted molar refractivity (Wildman–Crippen MR) is 103 cm³/mol. The number of piperazine rings is 1. The molecule has 1 saturated carbocycles. The van der Waals surface area contributed by atoms with Crippen molar-refractivity contribution in [3.05, 3.63) is 29.8 Å². The van der Waals surface area contributed by atoms with E-state index in [1.165, 1.54) is 12.1 Å². The Balaban J connectivity index is 1.61. The number of amides is 2. The number of hydrogen-bond acceptors (Lipinski definition) is 4. The van der Waals surface area contributed by atoms with Crippen LogP contribution in [0.5, 0.6) is 5.75 Å². The van der Waals surface area contributed by atoms with Crippen molar-refractivity contribution in [3.8, 4) is 5.75 Å². The van der Waals surface area contributed by atoms with Crippen LogP contribution in [0.2, 0.25) is 0 Å². The third-order valence-electron chi connectivity index (χ3n) is 5.22. The van der Waals surface area contributed by atoms with E-state index >= 15 is 0 Å². The molecule has 1 aliphatic heterocycles. The molecule has 2 amide bonds. The average molecular weight is 428 g/mol. The highest BCUT2D eigenvalue weighted by Crippen LogP contribution is 2.51. The van der Waals surface area contributed by atoms with Crippen LogP contribution in [0.4, 0.5) is 18.0 Å². The summed E-state index contributed by atoms with van der Waals surface area (Å²) in [5.74, 6) is -1.02. The first-order valence-corrected chi connectivity index (χ1v) is 9.99. The van der Waals surface area contributed by atoms with Crippen LogP contribution in [0.15, 0.2) is 24.3 Å². The van der Waals surface area contributed by atoms with Crippen molar-refractivity contribution in [2.45, 2.75) is 58.0 Å². The number of halogens is 3. The lowest BCUT2D eigenvalue weighted by Crippen LogP contribution is -2.56. The number of para-hydroxylation sites is 1. The molecule has 1 saturated heterocycles. The van der Waals surface area contributed by atoms with Crippen LogP contribution in [-0.2, 0) is 9.53 Å². The van der Waals surface area contributed by atoms with Crippen LogP contribution in [0, 0.1) is 5.92 Å². The molecule has 0 bridgehead atoms. The van der Waals surface area contributed by atoms with Crippen LogP contribution >= 0.6 is 0 Å². The summed E-state index contributed by atoms with van der Waals surface area (Å²) in [6, 6.07) is 5.74. The van der Waals surface area contributed by atoms with Gasteiger partial charge in [0.25, 0.3) is 0 Å². The summed E-state index contributed by atoms with van der Waals surface area (Å²) in [7, 11) is 0. The van der Waals surface area contributed by atoms with E-state index in [0.717, 1.165) is 0 Å². The van der Waals surface area contributed by atoms with E-state index in [1.54, 1.807) is 42.7 Å². The molecule has 6 nitrogen and oxygen atoms in total. The number of carbonyl (C=O) groups excluding carboxylic acids is 2. The van der Waals surface area contributed by atoms with Crippen LogP contribution in [0.25, 0.3) is 0 Å². The first-order valence-electron chi connectivity index (χ1n) is 9.99. The van der Waals surface area contributed by atoms with Gasteiger partial charge in [0.05, 0.1) is 0 Å². The fourth-order valence-electron chi connectivity index (χ4n) is 3.80. The van der Waals surface area contributed by atoms with E-state index in [-0.39, 0.29) is 29.5 Å². The van der Waals surface area contributed by atoms with Crippen molar-refractivity contribution in [1.82, 2.24) is 9.80 Å². The third kappa shape index (κ3) is 5.37. The lowest BCUT2D eigenvalue weighted by Gasteiger charge is -2.40. The summed E-state index contributed by atoms with van der Waals surface area (Å²) in [6.07, 6.45) is -4.71. The van der Waals surface area contributed by atoms with Crippen molar-refractivity contribution in [1.29, 1.82) is 0 Å². The molecule has 0 aromatic heterocycles. The molecule has 1 aromatic carbocycles. The fourth-order valence-corrected chi connectivity index (χ4v) is 3.80. The molecule has 0 unspecified atom stereocenters. The monoisotopic (exact) mass is 428 g/mol. The van der Waals surface area contributed by atoms with Crippen LogP contribution in [0.3, 0.4) is 0 Å². The van der Waals surface area contributed by atoms with Crippen molar-refractivity contribution < 1.29 is 32.2 Å². The standard InChI is InChI=1S/C21H27F3N2O4/c1-13-12-25(9-10-26(13)19(28)30-20(2,3)4)18(27)16-11-15(16)14-7-5-6-8-17(14)29-21(22,23)24/h5-8,13,15-16H,9-12H2,1-4H3/t13-,15+,16-/m1/s1. The summed E-state index contributed by atoms with van der Waals surface area (Å²) >= 11 is 0. The van der Waals surface area contributed by atoms with E-state index in [0.29, 0.717) is 31.6 Å². The molecular weight excluding hydrogens is 401 g/mol. The number of carbonyl (C=O) groups is 2. The Hall–Kier alpha value is -2.45. The van der Waals surface area contributed by atoms with E-state index in [4.69, 9.17) is 4.74 Å². The van der Waals surface area contributed by atoms with Gasteiger partial charge in [-0.3, -0.25) is 4.79 Å². The molecule has 9 heteroatoms. The number of nitrogens with zero attached hydrogens (tertiary/aromatic N) is 2. The van der Waals surface area contributed by atoms with Crippen LogP contribution in [0.1, 0.15) is 45.6 Å². The van der Waals surface area contributed by atoms with Crippen molar-refractivity contribution in [2.24, 2.45) is 5.92 Å². The van der Waals surface area contributed by atoms with Gasteiger partial charge in [0.15, 0.2) is 0 Å². The molecule has 30 heavy (non-hydrogen) atoms. The smallest absolute Gasteiger partial charge is 0.444 e. The number of alkyl halides is 3. The summed E-state index contributed by atoms with van der Waals surface area (Å²) in [6.45, 7) is 8.32. The molecule has 0 spiro atoms. The van der Waals surface area contributed by atoms with Gasteiger partial charge in [-0.05, 0) is 51.7 Å². The Kier molecular flexibility index (Phi) is 5.93. The number of hydrogen-bond donors (Lipinski definition) is 0. The Morgan fingerprint density at radius 1 is 1.10 bits per heavy atom. The summed E-state index contributed by atoms with van der Waals surface area (Å²) < 4.78 is 47.5. The molecular formula is C21H27F3N2O4. The van der Waals surface area contributed by atoms with Gasteiger partial charge < -0.3 is 19.3 Å². The first kappa shape index (κ1) is 22.2. The highest BCUT2D eigenvalue weighted by Gasteiger charge is 2.48. The van der Waals surface area contributed by atoms with Gasteiger partial charge in [-0.2, -0.15) is 0 Å². The molecule has 3 atom stereocenters. The van der Waals surface area contributed by atoms with Gasteiger partial charge in [0.2, 0.25) is 5.91 Å². The average Bonchev–Trinajstić information content (AvgIpc) is 3.39. The minimum Gasteiger partial charge on any atom is -0.444 e. The normalized spacial score (nSPS) is 24.4. The van der Waals surface area contributed by atoms with Crippen molar-refractivity contribution in [3.63, 3.8) is 0 Å². The first-order chi connectivity index (χ1) is 13.9. The topological polar surface area (TPSA) is 59.1 Å². The van der Waals surface area contributed by atoms with E-state index in [1.807, 2.05) is 6.92 Å². The molecule has 1 aromatic rings. The maximum atomic E-state index is 12.9. The summed E-state index contributed by atoms with van der Waals surface area (Å²) in [5.41, 5.74) is -0.203. The maximum Gasteiger partial charge on any atom is 0.573 e. The van der Waals surface area contributed by atoms with E-state index < -0.39 is 18.1 Å². The molecule has 0 N–H and O–H groups in total. The van der Waals surface area contributed by atoms with Crippen LogP contribution in [-0.4, -0.2) is 59.4 Å². The minimum absolute atomic E-state index is 0.0995. The maximum absolute atomic E-state index is 12.9. The molecule has 1 heterocycles. The zero-order chi connectivity index (χ0) is 22.3. The molecule has 1 aliphatic carbocycles. The van der Waals surface area contributed by atoms with Crippen molar-refractivity contribution in [2.75, 3.05) is 19.6 Å². The van der Waals surface area contributed by atoms with Gasteiger partial charge >= 0.3 is 12.5 Å². The second-order valence-electron chi connectivity index (χ2n) is 8.84. The molecule has 166 valence electrons. The van der Waals surface area contributed by atoms with E-state index in [2.05, 4.69) is 4.74 Å². The predicted octanol–water partition coefficient (Wildman–Crippen LogP) is 4.16. The molecule has 2 fully saturated rings. The van der Waals surface area contributed by atoms with Gasteiger partial charge in [-0.25, -0.2) is 4.79 Å². The quantitative estimate of drug-likeness (QED) is 0.726. The number of benzene rings is 1. The Morgan fingerprint density at radius 2 is 1.77 bits per heavy atom. The molecule has 2 aliphatic rings. The minimum atomic E-state index is -4.78. The van der Waals surface area contributed by atoms with Crippen molar-refractivity contribution >= 4 is 12.0 Å². The number of ether oxygens (including phenoxy) is 2. The second-order valence-corrected chi connectivity index (χ2v) is 8.84. The Morgan fingerprint density at radius 3 is 2.37 bits per heavy atom. The highest BCUT2D eigenvalue weighted by atomic mass is 19.4. The van der Waals surface area contributed by atoms with Gasteiger partial charge in [0, 0.05) is 31.6 Å². The summed E-state index contributed by atoms with van der Waals surface area (Å²) in [5, 5.41) is 0. The van der Waals surface area contributed by atoms with Gasteiger partial charge in [0.1, 0.15) is 11.4 Å². The molecule has 0 radical (unpaired) electrons. The van der Waals surface area contributed by atoms with E-state index in [9.17, 15) is 22.8 Å². The number of rotatable bonds is 3. The largest absolute Gasteiger partial charge is 0.573 e. The summed E-state index contributed by atoms with van der Waals surface area (Å²) in [4.78, 5) is 28.5. The molecule has 3 rings (SSSR count). The zero-order valence-corrected chi connectivity index (χ0v) is 17.5. The van der Waals surface area contributed by atoms with Crippen LogP contribution < -0.4 is 4.74 Å². The lowest BCUT2D eigenvalue weighted by atomic mass is 10.1.